The number of hydrogen-bond acceptors (Lipinski definition) is 8. The van der Waals surface area contributed by atoms with Crippen molar-refractivity contribution in [2.75, 3.05) is 25.1 Å². The van der Waals surface area contributed by atoms with E-state index in [4.69, 9.17) is 25.8 Å². The molecule has 0 aromatic carbocycles. The van der Waals surface area contributed by atoms with E-state index >= 15 is 0 Å². The van der Waals surface area contributed by atoms with Gasteiger partial charge < -0.3 is 24.6 Å². The first-order chi connectivity index (χ1) is 14.2. The van der Waals surface area contributed by atoms with Crippen LogP contribution in [0, 0.1) is 0 Å². The largest absolute Gasteiger partial charge is 0.394 e. The molecule has 2 aliphatic rings. The highest BCUT2D eigenvalue weighted by Gasteiger charge is 2.47. The first-order valence-electron chi connectivity index (χ1n) is 10.3. The molecule has 0 bridgehead atoms. The first kappa shape index (κ1) is 20.7. The average molecular weight is 426 g/mol. The monoisotopic (exact) mass is 425 g/mol. The molecule has 2 aromatic heterocycles. The van der Waals surface area contributed by atoms with Gasteiger partial charge in [0.25, 0.3) is 0 Å². The molecule has 1 aliphatic carbocycles. The van der Waals surface area contributed by atoms with Crippen molar-refractivity contribution in [1.29, 1.82) is 0 Å². The molecule has 1 aliphatic heterocycles. The molecule has 2 aromatic rings. The number of ether oxygens (including phenoxy) is 3. The van der Waals surface area contributed by atoms with Gasteiger partial charge in [0.2, 0.25) is 5.28 Å². The molecular weight excluding hydrogens is 398 g/mol. The van der Waals surface area contributed by atoms with Gasteiger partial charge in [-0.15, -0.1) is 0 Å². The summed E-state index contributed by atoms with van der Waals surface area (Å²) in [5.74, 6) is 0.684. The average Bonchev–Trinajstić information content (AvgIpc) is 3.42. The lowest BCUT2D eigenvalue weighted by Gasteiger charge is -2.23. The Kier molecular flexibility index (Phi) is 6.50. The Morgan fingerprint density at radius 3 is 2.62 bits per heavy atom. The highest BCUT2D eigenvalue weighted by Crippen LogP contribution is 2.36. The van der Waals surface area contributed by atoms with Crippen LogP contribution in [0.15, 0.2) is 6.20 Å². The molecule has 1 saturated heterocycles. The van der Waals surface area contributed by atoms with Crippen molar-refractivity contribution in [3.63, 3.8) is 0 Å². The van der Waals surface area contributed by atoms with Crippen molar-refractivity contribution < 1.29 is 19.3 Å². The van der Waals surface area contributed by atoms with E-state index in [1.807, 2.05) is 13.8 Å². The molecule has 0 unspecified atom stereocenters. The molecule has 10 heteroatoms. The van der Waals surface area contributed by atoms with Crippen LogP contribution in [0.1, 0.15) is 45.8 Å². The van der Waals surface area contributed by atoms with Crippen LogP contribution >= 0.6 is 11.6 Å². The quantitative estimate of drug-likeness (QED) is 0.622. The van der Waals surface area contributed by atoms with E-state index in [9.17, 15) is 5.11 Å². The van der Waals surface area contributed by atoms with Crippen molar-refractivity contribution in [3.8, 4) is 0 Å². The summed E-state index contributed by atoms with van der Waals surface area (Å²) >= 11 is 6.24. The van der Waals surface area contributed by atoms with Gasteiger partial charge in [0, 0.05) is 19.3 Å². The molecule has 4 atom stereocenters. The second-order valence-corrected chi connectivity index (χ2v) is 7.72. The lowest BCUT2D eigenvalue weighted by Crippen LogP contribution is -2.38. The molecule has 2 N–H and O–H groups in total. The van der Waals surface area contributed by atoms with Gasteiger partial charge in [-0.3, -0.25) is 0 Å². The van der Waals surface area contributed by atoms with Crippen molar-refractivity contribution in [3.05, 3.63) is 11.5 Å². The van der Waals surface area contributed by atoms with Crippen LogP contribution in [0.25, 0.3) is 11.0 Å². The first-order valence-corrected chi connectivity index (χ1v) is 10.7. The summed E-state index contributed by atoms with van der Waals surface area (Å²) in [5, 5.41) is 18.7. The second-order valence-electron chi connectivity index (χ2n) is 7.38. The fraction of sp³-hybridized carbons (Fsp3) is 0.737. The fourth-order valence-electron chi connectivity index (χ4n) is 4.27. The van der Waals surface area contributed by atoms with Crippen molar-refractivity contribution in [2.45, 2.75) is 70.1 Å². The number of anilines is 1. The van der Waals surface area contributed by atoms with Gasteiger partial charge in [-0.25, -0.2) is 4.68 Å². The predicted molar refractivity (Wildman–Crippen MR) is 108 cm³/mol. The zero-order chi connectivity index (χ0) is 20.4. The third kappa shape index (κ3) is 4.06. The SMILES string of the molecule is CCO[C@@H]1[C@H](OCC)[C@@H](CO)O[C@H]1n1ncc2c(NC3CCCC3)nc(Cl)nc21. The number of aliphatic hydroxyl groups is 1. The lowest BCUT2D eigenvalue weighted by molar-refractivity contribution is -0.0770. The maximum absolute atomic E-state index is 9.78. The zero-order valence-electron chi connectivity index (χ0n) is 16.8. The van der Waals surface area contributed by atoms with E-state index < -0.39 is 24.5 Å². The molecule has 29 heavy (non-hydrogen) atoms. The van der Waals surface area contributed by atoms with Crippen LogP contribution in [-0.4, -0.2) is 69.0 Å². The predicted octanol–water partition coefficient (Wildman–Crippen LogP) is 2.53. The number of halogens is 1. The standard InChI is InChI=1S/C19H28ClN5O4/c1-3-27-14-13(10-26)29-18(15(14)28-4-2)25-17-12(9-21-25)16(23-19(20)24-17)22-11-7-5-6-8-11/h9,11,13-15,18,26H,3-8,10H2,1-2H3,(H,22,23,24)/t13-,14-,15-,18-/m1/s1. The maximum Gasteiger partial charge on any atom is 0.226 e. The minimum atomic E-state index is -0.591. The number of nitrogens with zero attached hydrogens (tertiary/aromatic N) is 4. The van der Waals surface area contributed by atoms with Gasteiger partial charge in [0.1, 0.15) is 24.1 Å². The maximum atomic E-state index is 9.78. The second kappa shape index (κ2) is 9.09. The molecule has 4 rings (SSSR count). The summed E-state index contributed by atoms with van der Waals surface area (Å²) in [7, 11) is 0. The van der Waals surface area contributed by atoms with Gasteiger partial charge in [-0.2, -0.15) is 15.1 Å². The highest BCUT2D eigenvalue weighted by atomic mass is 35.5. The Labute approximate surface area is 174 Å². The minimum absolute atomic E-state index is 0.144. The number of fused-ring (bicyclic) bond motifs is 1. The fourth-order valence-corrected chi connectivity index (χ4v) is 4.44. The minimum Gasteiger partial charge on any atom is -0.394 e. The summed E-state index contributed by atoms with van der Waals surface area (Å²) in [4.78, 5) is 8.80. The Morgan fingerprint density at radius 2 is 1.93 bits per heavy atom. The highest BCUT2D eigenvalue weighted by molar-refractivity contribution is 6.28. The topological polar surface area (TPSA) is 104 Å². The van der Waals surface area contributed by atoms with Crippen molar-refractivity contribution >= 4 is 28.5 Å². The van der Waals surface area contributed by atoms with E-state index in [1.54, 1.807) is 10.9 Å². The van der Waals surface area contributed by atoms with Gasteiger partial charge in [0.05, 0.1) is 18.2 Å². The molecule has 0 amide bonds. The molecule has 0 radical (unpaired) electrons. The molecule has 160 valence electrons. The third-order valence-corrected chi connectivity index (χ3v) is 5.72. The van der Waals surface area contributed by atoms with Crippen LogP contribution in [0.4, 0.5) is 5.82 Å². The number of rotatable bonds is 8. The third-order valence-electron chi connectivity index (χ3n) is 5.55. The van der Waals surface area contributed by atoms with E-state index in [-0.39, 0.29) is 11.9 Å². The van der Waals surface area contributed by atoms with E-state index in [0.29, 0.717) is 30.7 Å². The lowest BCUT2D eigenvalue weighted by atomic mass is 10.1. The van der Waals surface area contributed by atoms with Crippen LogP contribution in [0.5, 0.6) is 0 Å². The van der Waals surface area contributed by atoms with Crippen molar-refractivity contribution in [2.24, 2.45) is 0 Å². The normalized spacial score (nSPS) is 27.9. The van der Waals surface area contributed by atoms with Gasteiger partial charge >= 0.3 is 0 Å². The number of aromatic nitrogens is 4. The molecule has 9 nitrogen and oxygen atoms in total. The Morgan fingerprint density at radius 1 is 1.21 bits per heavy atom. The van der Waals surface area contributed by atoms with Crippen molar-refractivity contribution in [1.82, 2.24) is 19.7 Å². The zero-order valence-corrected chi connectivity index (χ0v) is 17.5. The summed E-state index contributed by atoms with van der Waals surface area (Å²) in [6.45, 7) is 4.62. The molecular formula is C19H28ClN5O4. The molecule has 2 fully saturated rings. The van der Waals surface area contributed by atoms with Gasteiger partial charge in [0.15, 0.2) is 11.9 Å². The van der Waals surface area contributed by atoms with Crippen LogP contribution in [-0.2, 0) is 14.2 Å². The van der Waals surface area contributed by atoms with Gasteiger partial charge in [-0.05, 0) is 38.3 Å². The molecule has 3 heterocycles. The number of aliphatic hydroxyl groups excluding tert-OH is 1. The molecule has 0 spiro atoms. The number of nitrogens with one attached hydrogen (secondary N) is 1. The van der Waals surface area contributed by atoms with E-state index in [0.717, 1.165) is 18.2 Å². The van der Waals surface area contributed by atoms with Crippen LogP contribution in [0.2, 0.25) is 5.28 Å². The Hall–Kier alpha value is -1.52. The summed E-state index contributed by atoms with van der Waals surface area (Å²) in [5.41, 5.74) is 0.564. The van der Waals surface area contributed by atoms with E-state index in [2.05, 4.69) is 20.4 Å². The van der Waals surface area contributed by atoms with E-state index in [1.165, 1.54) is 12.8 Å². The number of hydrogen-bond donors (Lipinski definition) is 2. The Balaban J connectivity index is 1.70. The van der Waals surface area contributed by atoms with Gasteiger partial charge in [-0.1, -0.05) is 12.8 Å². The summed E-state index contributed by atoms with van der Waals surface area (Å²) < 4.78 is 19.5. The molecule has 1 saturated carbocycles. The van der Waals surface area contributed by atoms with Crippen LogP contribution < -0.4 is 5.32 Å². The smallest absolute Gasteiger partial charge is 0.226 e. The summed E-state index contributed by atoms with van der Waals surface area (Å²) in [6.07, 6.45) is 4.45. The van der Waals surface area contributed by atoms with Crippen LogP contribution in [0.3, 0.4) is 0 Å². The Bertz CT molecular complexity index is 828. The summed E-state index contributed by atoms with van der Waals surface area (Å²) in [6, 6.07) is 0.382.